The van der Waals surface area contributed by atoms with E-state index in [-0.39, 0.29) is 0 Å². The first-order chi connectivity index (χ1) is 6.24. The number of nitrogen functional groups attached to an aromatic ring is 1. The fraction of sp³-hybridized carbons (Fsp3) is 0.286. The van der Waals surface area contributed by atoms with Crippen LogP contribution in [-0.4, -0.2) is 24.8 Å². The van der Waals surface area contributed by atoms with Gasteiger partial charge in [0.05, 0.1) is 11.9 Å². The number of aromatic nitrogens is 5. The molecule has 0 fully saturated rings. The lowest BCUT2D eigenvalue weighted by Gasteiger charge is -1.94. The topological polar surface area (TPSA) is 74.5 Å². The quantitative estimate of drug-likeness (QED) is 0.681. The molecule has 0 amide bonds. The number of rotatable bonds is 2. The van der Waals surface area contributed by atoms with Crippen LogP contribution in [0.2, 0.25) is 0 Å². The molecule has 0 unspecified atom stereocenters. The molecule has 2 aromatic rings. The maximum atomic E-state index is 5.42. The van der Waals surface area contributed by atoms with Gasteiger partial charge in [-0.2, -0.15) is 15.0 Å². The second kappa shape index (κ2) is 2.89. The van der Waals surface area contributed by atoms with Gasteiger partial charge in [0.25, 0.3) is 0 Å². The number of nitrogens with two attached hydrogens (primary N) is 1. The molecule has 2 N–H and O–H groups in total. The Morgan fingerprint density at radius 1 is 1.46 bits per heavy atom. The van der Waals surface area contributed by atoms with Crippen LogP contribution in [0.1, 0.15) is 5.69 Å². The first-order valence-electron chi connectivity index (χ1n) is 3.88. The summed E-state index contributed by atoms with van der Waals surface area (Å²) in [6, 6.07) is 1.92. The molecule has 0 bridgehead atoms. The Kier molecular flexibility index (Phi) is 1.73. The zero-order valence-electron chi connectivity index (χ0n) is 7.25. The molecular weight excluding hydrogens is 168 g/mol. The van der Waals surface area contributed by atoms with E-state index in [0.717, 1.165) is 5.69 Å². The average molecular weight is 178 g/mol. The Labute approximate surface area is 75.0 Å². The third-order valence-corrected chi connectivity index (χ3v) is 1.63. The number of hydrogen-bond acceptors (Lipinski definition) is 4. The summed E-state index contributed by atoms with van der Waals surface area (Å²) < 4.78 is 1.74. The van der Waals surface area contributed by atoms with Gasteiger partial charge in [-0.25, -0.2) is 0 Å². The fourth-order valence-corrected chi connectivity index (χ4v) is 1.08. The highest BCUT2D eigenvalue weighted by molar-refractivity contribution is 5.19. The maximum absolute atomic E-state index is 5.42. The van der Waals surface area contributed by atoms with Crippen LogP contribution in [0, 0.1) is 0 Å². The summed E-state index contributed by atoms with van der Waals surface area (Å²) in [5.41, 5.74) is 6.33. The van der Waals surface area contributed by atoms with Crippen molar-refractivity contribution in [2.75, 3.05) is 5.73 Å². The van der Waals surface area contributed by atoms with Gasteiger partial charge in [0.1, 0.15) is 6.54 Å². The zero-order valence-corrected chi connectivity index (χ0v) is 7.25. The molecule has 0 saturated carbocycles. The Hall–Kier alpha value is -1.85. The van der Waals surface area contributed by atoms with E-state index in [2.05, 4.69) is 15.3 Å². The molecule has 2 heterocycles. The van der Waals surface area contributed by atoms with Crippen LogP contribution in [-0.2, 0) is 13.6 Å². The van der Waals surface area contributed by atoms with Crippen molar-refractivity contribution in [2.45, 2.75) is 6.54 Å². The Balaban J connectivity index is 2.14. The van der Waals surface area contributed by atoms with Crippen LogP contribution >= 0.6 is 0 Å². The molecule has 0 aliphatic heterocycles. The van der Waals surface area contributed by atoms with Gasteiger partial charge < -0.3 is 5.73 Å². The monoisotopic (exact) mass is 178 g/mol. The smallest absolute Gasteiger partial charge is 0.165 e. The van der Waals surface area contributed by atoms with E-state index in [1.807, 2.05) is 19.3 Å². The number of hydrogen-bond donors (Lipinski definition) is 1. The maximum Gasteiger partial charge on any atom is 0.165 e. The molecule has 2 rings (SSSR count). The highest BCUT2D eigenvalue weighted by Gasteiger charge is 2.00. The van der Waals surface area contributed by atoms with Crippen molar-refractivity contribution in [1.29, 1.82) is 0 Å². The lowest BCUT2D eigenvalue weighted by molar-refractivity contribution is 0.575. The van der Waals surface area contributed by atoms with Gasteiger partial charge in [-0.1, -0.05) is 0 Å². The van der Waals surface area contributed by atoms with Gasteiger partial charge in [-0.3, -0.25) is 4.68 Å². The summed E-state index contributed by atoms with van der Waals surface area (Å²) in [6.45, 7) is 0.554. The summed E-state index contributed by atoms with van der Waals surface area (Å²) in [4.78, 5) is 1.51. The third kappa shape index (κ3) is 1.66. The lowest BCUT2D eigenvalue weighted by Crippen LogP contribution is -2.05. The van der Waals surface area contributed by atoms with E-state index in [1.54, 1.807) is 4.68 Å². The Morgan fingerprint density at radius 2 is 2.31 bits per heavy atom. The normalized spacial score (nSPS) is 10.5. The molecular formula is C7H10N6. The molecule has 0 saturated heterocycles. The van der Waals surface area contributed by atoms with Crippen LogP contribution in [0.25, 0.3) is 0 Å². The minimum atomic E-state index is 0.427. The lowest BCUT2D eigenvalue weighted by atomic mass is 10.4. The van der Waals surface area contributed by atoms with Gasteiger partial charge >= 0.3 is 0 Å². The highest BCUT2D eigenvalue weighted by Crippen LogP contribution is 1.98. The minimum absolute atomic E-state index is 0.427. The standard InChI is InChI=1S/C7H10N6/c1-12-3-2-6(10-12)5-13-9-4-7(8)11-13/h2-4H,5H2,1H3,(H2,8,11). The summed E-state index contributed by atoms with van der Waals surface area (Å²) in [6.07, 6.45) is 3.39. The molecule has 0 spiro atoms. The summed E-state index contributed by atoms with van der Waals surface area (Å²) in [5.74, 6) is 0.427. The van der Waals surface area contributed by atoms with Crippen molar-refractivity contribution in [3.05, 3.63) is 24.2 Å². The van der Waals surface area contributed by atoms with E-state index >= 15 is 0 Å². The Bertz CT molecular complexity index is 362. The van der Waals surface area contributed by atoms with E-state index < -0.39 is 0 Å². The molecule has 6 nitrogen and oxygen atoms in total. The van der Waals surface area contributed by atoms with Crippen LogP contribution in [0.15, 0.2) is 18.5 Å². The predicted octanol–water partition coefficient (Wildman–Crippen LogP) is -0.358. The van der Waals surface area contributed by atoms with Crippen LogP contribution < -0.4 is 5.73 Å². The van der Waals surface area contributed by atoms with Gasteiger partial charge in [0.15, 0.2) is 5.82 Å². The van der Waals surface area contributed by atoms with Crippen molar-refractivity contribution in [2.24, 2.45) is 7.05 Å². The summed E-state index contributed by atoms with van der Waals surface area (Å²) in [7, 11) is 1.87. The van der Waals surface area contributed by atoms with E-state index in [0.29, 0.717) is 12.4 Å². The van der Waals surface area contributed by atoms with Crippen molar-refractivity contribution >= 4 is 5.82 Å². The van der Waals surface area contributed by atoms with Crippen LogP contribution in [0.3, 0.4) is 0 Å². The molecule has 2 aromatic heterocycles. The largest absolute Gasteiger partial charge is 0.381 e. The summed E-state index contributed by atoms with van der Waals surface area (Å²) >= 11 is 0. The number of nitrogens with zero attached hydrogens (tertiary/aromatic N) is 5. The molecule has 0 aliphatic carbocycles. The molecule has 0 radical (unpaired) electrons. The highest BCUT2D eigenvalue weighted by atomic mass is 15.5. The van der Waals surface area contributed by atoms with Crippen LogP contribution in [0.5, 0.6) is 0 Å². The van der Waals surface area contributed by atoms with Crippen LogP contribution in [0.4, 0.5) is 5.82 Å². The van der Waals surface area contributed by atoms with Gasteiger partial charge in [0.2, 0.25) is 0 Å². The molecule has 0 aromatic carbocycles. The number of aryl methyl sites for hydroxylation is 1. The van der Waals surface area contributed by atoms with Crippen molar-refractivity contribution in [3.8, 4) is 0 Å². The van der Waals surface area contributed by atoms with Crippen molar-refractivity contribution in [1.82, 2.24) is 24.8 Å². The van der Waals surface area contributed by atoms with Gasteiger partial charge in [0, 0.05) is 13.2 Å². The average Bonchev–Trinajstić information content (AvgIpc) is 2.62. The molecule has 13 heavy (non-hydrogen) atoms. The fourth-order valence-electron chi connectivity index (χ4n) is 1.08. The molecule has 68 valence electrons. The van der Waals surface area contributed by atoms with Gasteiger partial charge in [-0.15, -0.1) is 5.10 Å². The van der Waals surface area contributed by atoms with E-state index in [4.69, 9.17) is 5.73 Å². The second-order valence-corrected chi connectivity index (χ2v) is 2.78. The zero-order chi connectivity index (χ0) is 9.26. The molecule has 6 heteroatoms. The van der Waals surface area contributed by atoms with Gasteiger partial charge in [-0.05, 0) is 6.07 Å². The van der Waals surface area contributed by atoms with E-state index in [9.17, 15) is 0 Å². The Morgan fingerprint density at radius 3 is 2.85 bits per heavy atom. The molecule has 0 atom stereocenters. The molecule has 0 aliphatic rings. The second-order valence-electron chi connectivity index (χ2n) is 2.78. The van der Waals surface area contributed by atoms with Crippen molar-refractivity contribution in [3.63, 3.8) is 0 Å². The first-order valence-corrected chi connectivity index (χ1v) is 3.88. The summed E-state index contributed by atoms with van der Waals surface area (Å²) in [5, 5.41) is 12.1. The minimum Gasteiger partial charge on any atom is -0.381 e. The van der Waals surface area contributed by atoms with E-state index in [1.165, 1.54) is 11.0 Å². The first kappa shape index (κ1) is 7.78. The third-order valence-electron chi connectivity index (χ3n) is 1.63. The SMILES string of the molecule is Cn1ccc(Cn2ncc(N)n2)n1. The number of anilines is 1. The predicted molar refractivity (Wildman–Crippen MR) is 46.7 cm³/mol. The van der Waals surface area contributed by atoms with Crippen molar-refractivity contribution < 1.29 is 0 Å².